The first-order chi connectivity index (χ1) is 7.99. The molecule has 0 aromatic carbocycles. The van der Waals surface area contributed by atoms with Crippen LogP contribution in [-0.2, 0) is 4.79 Å². The number of aryl methyl sites for hydroxylation is 1. The van der Waals surface area contributed by atoms with Crippen molar-refractivity contribution in [2.24, 2.45) is 5.41 Å². The summed E-state index contributed by atoms with van der Waals surface area (Å²) in [5, 5.41) is 13.0. The van der Waals surface area contributed by atoms with Crippen LogP contribution in [0.5, 0.6) is 0 Å². The van der Waals surface area contributed by atoms with Crippen molar-refractivity contribution in [3.63, 3.8) is 0 Å². The third-order valence-corrected chi connectivity index (χ3v) is 3.35. The van der Waals surface area contributed by atoms with Crippen molar-refractivity contribution in [1.82, 2.24) is 15.5 Å². The van der Waals surface area contributed by atoms with Crippen LogP contribution in [0.2, 0.25) is 0 Å². The van der Waals surface area contributed by atoms with E-state index in [9.17, 15) is 4.79 Å². The number of aromatic amines is 1. The highest BCUT2D eigenvalue weighted by Gasteiger charge is 2.37. The Labute approximate surface area is 101 Å². The van der Waals surface area contributed by atoms with Crippen LogP contribution in [0.25, 0.3) is 0 Å². The van der Waals surface area contributed by atoms with E-state index in [0.29, 0.717) is 5.82 Å². The lowest BCUT2D eigenvalue weighted by molar-refractivity contribution is -0.121. The van der Waals surface area contributed by atoms with Gasteiger partial charge in [0.25, 0.3) is 0 Å². The average Bonchev–Trinajstić information content (AvgIpc) is 2.63. The number of H-pyrrole nitrogens is 1. The van der Waals surface area contributed by atoms with Crippen molar-refractivity contribution in [3.8, 4) is 0 Å². The smallest absolute Gasteiger partial charge is 0.243 e. The van der Waals surface area contributed by atoms with Gasteiger partial charge in [-0.25, -0.2) is 0 Å². The number of hydrogen-bond donors (Lipinski definition) is 3. The van der Waals surface area contributed by atoms with Gasteiger partial charge in [0.1, 0.15) is 0 Å². The van der Waals surface area contributed by atoms with E-state index in [1.165, 1.54) is 0 Å². The van der Waals surface area contributed by atoms with Crippen LogP contribution in [0, 0.1) is 12.3 Å². The molecule has 3 N–H and O–H groups in total. The number of nitrogens with zero attached hydrogens (tertiary/aromatic N) is 1. The molecule has 5 nitrogen and oxygen atoms in total. The van der Waals surface area contributed by atoms with Gasteiger partial charge in [-0.3, -0.25) is 9.89 Å². The van der Waals surface area contributed by atoms with Crippen molar-refractivity contribution >= 4 is 11.7 Å². The van der Waals surface area contributed by atoms with Crippen LogP contribution >= 0.6 is 0 Å². The molecule has 1 unspecified atom stereocenters. The van der Waals surface area contributed by atoms with Crippen LogP contribution in [-0.4, -0.2) is 28.7 Å². The Morgan fingerprint density at radius 1 is 1.59 bits per heavy atom. The first kappa shape index (κ1) is 12.1. The molecular formula is C12H20N4O. The zero-order chi connectivity index (χ0) is 12.5. The normalized spacial score (nSPS) is 23.4. The topological polar surface area (TPSA) is 69.8 Å². The average molecular weight is 236 g/mol. The van der Waals surface area contributed by atoms with Gasteiger partial charge in [0.05, 0.1) is 6.04 Å². The number of carbonyl (C=O) groups excluding carboxylic acids is 1. The minimum Gasteiger partial charge on any atom is -0.308 e. The summed E-state index contributed by atoms with van der Waals surface area (Å²) < 4.78 is 0. The van der Waals surface area contributed by atoms with Crippen molar-refractivity contribution in [1.29, 1.82) is 0 Å². The lowest BCUT2D eigenvalue weighted by Gasteiger charge is -2.38. The fourth-order valence-electron chi connectivity index (χ4n) is 2.34. The van der Waals surface area contributed by atoms with E-state index in [-0.39, 0.29) is 17.4 Å². The van der Waals surface area contributed by atoms with Gasteiger partial charge in [0.15, 0.2) is 5.82 Å². The Bertz CT molecular complexity index is 410. The monoisotopic (exact) mass is 236 g/mol. The fourth-order valence-corrected chi connectivity index (χ4v) is 2.34. The molecule has 5 heteroatoms. The summed E-state index contributed by atoms with van der Waals surface area (Å²) >= 11 is 0. The van der Waals surface area contributed by atoms with E-state index in [4.69, 9.17) is 0 Å². The number of hydrogen-bond acceptors (Lipinski definition) is 3. The number of aromatic nitrogens is 2. The number of piperidine rings is 1. The maximum atomic E-state index is 12.2. The predicted molar refractivity (Wildman–Crippen MR) is 66.8 cm³/mol. The first-order valence-corrected chi connectivity index (χ1v) is 6.05. The van der Waals surface area contributed by atoms with E-state index in [1.807, 2.05) is 13.0 Å². The highest BCUT2D eigenvalue weighted by molar-refractivity contribution is 5.94. The molecule has 94 valence electrons. The van der Waals surface area contributed by atoms with Crippen LogP contribution in [0.3, 0.4) is 0 Å². The molecule has 1 aliphatic rings. The summed E-state index contributed by atoms with van der Waals surface area (Å²) in [7, 11) is 0. The summed E-state index contributed by atoms with van der Waals surface area (Å²) in [6.07, 6.45) is 2.19. The molecule has 2 rings (SSSR count). The zero-order valence-electron chi connectivity index (χ0n) is 10.6. The summed E-state index contributed by atoms with van der Waals surface area (Å²) in [5.74, 6) is 0.594. The Morgan fingerprint density at radius 3 is 2.94 bits per heavy atom. The molecule has 2 heterocycles. The molecule has 1 aromatic rings. The number of anilines is 1. The molecular weight excluding hydrogens is 216 g/mol. The van der Waals surface area contributed by atoms with Crippen molar-refractivity contribution in [3.05, 3.63) is 11.8 Å². The van der Waals surface area contributed by atoms with Crippen LogP contribution in [0.15, 0.2) is 6.07 Å². The highest BCUT2D eigenvalue weighted by atomic mass is 16.2. The molecule has 1 atom stereocenters. The lowest BCUT2D eigenvalue weighted by Crippen LogP contribution is -2.53. The zero-order valence-corrected chi connectivity index (χ0v) is 10.6. The van der Waals surface area contributed by atoms with E-state index >= 15 is 0 Å². The standard InChI is InChI=1S/C12H20N4O/c1-8-7-9(16-15-8)14-11(17)10-12(2,3)5-4-6-13-10/h7,10,13H,4-6H2,1-3H3,(H2,14,15,16,17). The first-order valence-electron chi connectivity index (χ1n) is 6.05. The molecule has 0 bridgehead atoms. The van der Waals surface area contributed by atoms with Gasteiger partial charge >= 0.3 is 0 Å². The lowest BCUT2D eigenvalue weighted by atomic mass is 9.77. The molecule has 17 heavy (non-hydrogen) atoms. The summed E-state index contributed by atoms with van der Waals surface area (Å²) in [4.78, 5) is 12.2. The van der Waals surface area contributed by atoms with Crippen molar-refractivity contribution < 1.29 is 4.79 Å². The number of carbonyl (C=O) groups is 1. The van der Waals surface area contributed by atoms with E-state index < -0.39 is 0 Å². The molecule has 1 saturated heterocycles. The van der Waals surface area contributed by atoms with E-state index in [1.54, 1.807) is 0 Å². The Hall–Kier alpha value is -1.36. The second-order valence-electron chi connectivity index (χ2n) is 5.40. The summed E-state index contributed by atoms with van der Waals surface area (Å²) in [5.41, 5.74) is 0.935. The third-order valence-electron chi connectivity index (χ3n) is 3.35. The molecule has 0 saturated carbocycles. The number of nitrogens with one attached hydrogen (secondary N) is 3. The van der Waals surface area contributed by atoms with Gasteiger partial charge in [-0.05, 0) is 31.7 Å². The third kappa shape index (κ3) is 2.66. The summed E-state index contributed by atoms with van der Waals surface area (Å²) in [6, 6.07) is 1.68. The molecule has 1 fully saturated rings. The Morgan fingerprint density at radius 2 is 2.35 bits per heavy atom. The van der Waals surface area contributed by atoms with Crippen LogP contribution < -0.4 is 10.6 Å². The quantitative estimate of drug-likeness (QED) is 0.727. The molecule has 1 aromatic heterocycles. The number of rotatable bonds is 2. The number of amides is 1. The van der Waals surface area contributed by atoms with Gasteiger partial charge in [-0.2, -0.15) is 5.10 Å². The fraction of sp³-hybridized carbons (Fsp3) is 0.667. The van der Waals surface area contributed by atoms with Gasteiger partial charge in [0, 0.05) is 11.8 Å². The highest BCUT2D eigenvalue weighted by Crippen LogP contribution is 2.30. The SMILES string of the molecule is Cc1cc(NC(=O)C2NCCCC2(C)C)n[nH]1. The van der Waals surface area contributed by atoms with Gasteiger partial charge in [-0.1, -0.05) is 13.8 Å². The van der Waals surface area contributed by atoms with Crippen LogP contribution in [0.1, 0.15) is 32.4 Å². The van der Waals surface area contributed by atoms with Crippen LogP contribution in [0.4, 0.5) is 5.82 Å². The van der Waals surface area contributed by atoms with Crippen molar-refractivity contribution in [2.45, 2.75) is 39.7 Å². The maximum Gasteiger partial charge on any atom is 0.243 e. The van der Waals surface area contributed by atoms with E-state index in [2.05, 4.69) is 34.7 Å². The minimum absolute atomic E-state index is 0.00111. The second kappa shape index (κ2) is 4.49. The van der Waals surface area contributed by atoms with E-state index in [0.717, 1.165) is 25.1 Å². The molecule has 0 spiro atoms. The van der Waals surface area contributed by atoms with Crippen molar-refractivity contribution in [2.75, 3.05) is 11.9 Å². The Kier molecular flexibility index (Phi) is 3.19. The predicted octanol–water partition coefficient (Wildman–Crippen LogP) is 1.43. The molecule has 0 aliphatic carbocycles. The van der Waals surface area contributed by atoms with Gasteiger partial charge in [-0.15, -0.1) is 0 Å². The van der Waals surface area contributed by atoms with Gasteiger partial charge in [0.2, 0.25) is 5.91 Å². The summed E-state index contributed by atoms with van der Waals surface area (Å²) in [6.45, 7) is 7.06. The minimum atomic E-state index is -0.145. The molecule has 0 radical (unpaired) electrons. The Balaban J connectivity index is 2.04. The largest absolute Gasteiger partial charge is 0.308 e. The molecule has 1 aliphatic heterocycles. The second-order valence-corrected chi connectivity index (χ2v) is 5.40. The van der Waals surface area contributed by atoms with Gasteiger partial charge < -0.3 is 10.6 Å². The maximum absolute atomic E-state index is 12.2. The molecule has 1 amide bonds.